The number of hydrogen-bond donors (Lipinski definition) is 1. The second kappa shape index (κ2) is 6.92. The van der Waals surface area contributed by atoms with E-state index in [9.17, 15) is 10.5 Å². The van der Waals surface area contributed by atoms with Gasteiger partial charge in [0.2, 0.25) is 0 Å². The van der Waals surface area contributed by atoms with E-state index in [4.69, 9.17) is 15.8 Å². The minimum Gasteiger partial charge on any atom is -0.383 e. The van der Waals surface area contributed by atoms with Gasteiger partial charge in [0.05, 0.1) is 53.0 Å². The van der Waals surface area contributed by atoms with Crippen LogP contribution in [0.25, 0.3) is 33.5 Å². The molecule has 1 aliphatic carbocycles. The Balaban J connectivity index is 1.64. The van der Waals surface area contributed by atoms with Crippen molar-refractivity contribution in [1.82, 2.24) is 29.5 Å². The van der Waals surface area contributed by atoms with E-state index in [-0.39, 0.29) is 5.92 Å². The van der Waals surface area contributed by atoms with Gasteiger partial charge in [0.25, 0.3) is 0 Å². The maximum absolute atomic E-state index is 9.33. The number of hydrogen-bond acceptors (Lipinski definition) is 7. The van der Waals surface area contributed by atoms with Gasteiger partial charge in [-0.15, -0.1) is 0 Å². The molecule has 31 heavy (non-hydrogen) atoms. The second-order valence-corrected chi connectivity index (χ2v) is 7.93. The summed E-state index contributed by atoms with van der Waals surface area (Å²) in [6.07, 6.45) is 6.86. The Kier molecular flexibility index (Phi) is 4.19. The first kappa shape index (κ1) is 18.8. The third-order valence-corrected chi connectivity index (χ3v) is 6.02. The minimum absolute atomic E-state index is 0.0407. The first-order valence-electron chi connectivity index (χ1n) is 9.91. The van der Waals surface area contributed by atoms with Crippen LogP contribution >= 0.6 is 0 Å². The molecule has 0 spiro atoms. The summed E-state index contributed by atoms with van der Waals surface area (Å²) in [6, 6.07) is 12.1. The lowest BCUT2D eigenvalue weighted by molar-refractivity contribution is 0.0884. The van der Waals surface area contributed by atoms with Crippen LogP contribution in [0.3, 0.4) is 0 Å². The van der Waals surface area contributed by atoms with E-state index < -0.39 is 5.54 Å². The number of aromatic nitrogens is 6. The Morgan fingerprint density at radius 3 is 2.81 bits per heavy atom. The first-order valence-corrected chi connectivity index (χ1v) is 9.91. The molecule has 1 saturated carbocycles. The van der Waals surface area contributed by atoms with Crippen LogP contribution in [0.1, 0.15) is 19.3 Å². The summed E-state index contributed by atoms with van der Waals surface area (Å²) < 4.78 is 3.43. The summed E-state index contributed by atoms with van der Waals surface area (Å²) in [7, 11) is 1.78. The third-order valence-electron chi connectivity index (χ3n) is 6.02. The highest BCUT2D eigenvalue weighted by Crippen LogP contribution is 2.46. The number of nitrogens with two attached hydrogens (primary N) is 1. The zero-order valence-corrected chi connectivity index (χ0v) is 16.9. The van der Waals surface area contributed by atoms with Crippen LogP contribution in [-0.2, 0) is 12.6 Å². The third kappa shape index (κ3) is 2.90. The molecule has 9 nitrogen and oxygen atoms in total. The topological polar surface area (TPSA) is 135 Å². The van der Waals surface area contributed by atoms with Crippen molar-refractivity contribution in [2.24, 2.45) is 13.0 Å². The van der Waals surface area contributed by atoms with Crippen molar-refractivity contribution in [2.75, 3.05) is 5.73 Å². The molecule has 0 bridgehead atoms. The number of fused-ring (bicyclic) bond motifs is 1. The monoisotopic (exact) mass is 409 g/mol. The zero-order chi connectivity index (χ0) is 21.6. The molecule has 1 aliphatic rings. The zero-order valence-electron chi connectivity index (χ0n) is 16.9. The Bertz CT molecular complexity index is 1380. The largest absolute Gasteiger partial charge is 0.383 e. The van der Waals surface area contributed by atoms with Gasteiger partial charge >= 0.3 is 0 Å². The molecule has 4 aromatic rings. The molecule has 0 aliphatic heterocycles. The maximum Gasteiger partial charge on any atom is 0.130 e. The highest BCUT2D eigenvalue weighted by Gasteiger charge is 2.46. The second-order valence-electron chi connectivity index (χ2n) is 7.93. The summed E-state index contributed by atoms with van der Waals surface area (Å²) in [5.41, 5.74) is 9.28. The Hall–Kier alpha value is -4.24. The van der Waals surface area contributed by atoms with Crippen molar-refractivity contribution in [2.45, 2.75) is 24.8 Å². The number of aryl methyl sites for hydroxylation is 1. The smallest absolute Gasteiger partial charge is 0.130 e. The van der Waals surface area contributed by atoms with Crippen LogP contribution in [0.2, 0.25) is 0 Å². The molecule has 5 rings (SSSR count). The highest BCUT2D eigenvalue weighted by molar-refractivity contribution is 5.94. The number of nitrogen functional groups attached to an aromatic ring is 1. The van der Waals surface area contributed by atoms with Gasteiger partial charge in [-0.3, -0.25) is 14.3 Å². The minimum atomic E-state index is -0.438. The average molecular weight is 409 g/mol. The molecule has 1 fully saturated rings. The number of anilines is 1. The number of nitriles is 2. The van der Waals surface area contributed by atoms with E-state index in [2.05, 4.69) is 22.2 Å². The molecule has 0 unspecified atom stereocenters. The van der Waals surface area contributed by atoms with Gasteiger partial charge in [-0.2, -0.15) is 20.7 Å². The van der Waals surface area contributed by atoms with Crippen LogP contribution in [0.4, 0.5) is 5.82 Å². The number of rotatable bonds is 4. The van der Waals surface area contributed by atoms with Crippen LogP contribution in [0.15, 0.2) is 42.9 Å². The van der Waals surface area contributed by atoms with Crippen LogP contribution in [0.5, 0.6) is 0 Å². The van der Waals surface area contributed by atoms with Crippen LogP contribution in [-0.4, -0.2) is 29.5 Å². The predicted octanol–water partition coefficient (Wildman–Crippen LogP) is 3.02. The summed E-state index contributed by atoms with van der Waals surface area (Å²) >= 11 is 0. The predicted molar refractivity (Wildman–Crippen MR) is 114 cm³/mol. The van der Waals surface area contributed by atoms with E-state index in [1.165, 1.54) is 0 Å². The molecule has 4 aromatic heterocycles. The average Bonchev–Trinajstić information content (AvgIpc) is 3.37. The molecular formula is C22H19N9. The summed E-state index contributed by atoms with van der Waals surface area (Å²) in [4.78, 5) is 9.37. The molecule has 0 saturated heterocycles. The maximum atomic E-state index is 9.33. The van der Waals surface area contributed by atoms with Gasteiger partial charge < -0.3 is 5.73 Å². The lowest BCUT2D eigenvalue weighted by Gasteiger charge is -2.43. The fourth-order valence-electron chi connectivity index (χ4n) is 4.28. The lowest BCUT2D eigenvalue weighted by Crippen LogP contribution is -2.46. The molecule has 0 atom stereocenters. The van der Waals surface area contributed by atoms with E-state index in [0.717, 1.165) is 16.5 Å². The van der Waals surface area contributed by atoms with Crippen molar-refractivity contribution in [3.63, 3.8) is 0 Å². The molecule has 0 radical (unpaired) electrons. The standard InChI is InChI=1S/C22H19N9/c1-30-21(25)16(13-27-30)19-9-18-15(3-2-7-26-18)20(28-19)17-4-8-31(29-17)22(5-6-23)10-14(11-22)12-24/h2-4,7-9,13-14H,5,10-11,25H2,1H3/t14-,22-. The highest BCUT2D eigenvalue weighted by atomic mass is 15.3. The summed E-state index contributed by atoms with van der Waals surface area (Å²) in [6.45, 7) is 0. The van der Waals surface area contributed by atoms with Gasteiger partial charge in [0, 0.05) is 24.8 Å². The van der Waals surface area contributed by atoms with Gasteiger partial charge in [0.15, 0.2) is 0 Å². The van der Waals surface area contributed by atoms with E-state index in [0.29, 0.717) is 42.2 Å². The van der Waals surface area contributed by atoms with Crippen molar-refractivity contribution in [1.29, 1.82) is 10.5 Å². The molecular weight excluding hydrogens is 390 g/mol. The fourth-order valence-corrected chi connectivity index (χ4v) is 4.28. The molecule has 0 amide bonds. The molecule has 2 N–H and O–H groups in total. The van der Waals surface area contributed by atoms with Crippen LogP contribution < -0.4 is 5.73 Å². The number of nitrogens with zero attached hydrogens (tertiary/aromatic N) is 8. The SMILES string of the molecule is Cn1ncc(-c2cc3ncccc3c(-c3ccn([C@]4(CC#N)C[C@@H](C#N)C4)n3)n2)c1N. The van der Waals surface area contributed by atoms with E-state index in [1.807, 2.05) is 35.1 Å². The van der Waals surface area contributed by atoms with Crippen molar-refractivity contribution >= 4 is 16.7 Å². The molecule has 4 heterocycles. The Morgan fingerprint density at radius 1 is 1.26 bits per heavy atom. The van der Waals surface area contributed by atoms with Crippen molar-refractivity contribution < 1.29 is 0 Å². The van der Waals surface area contributed by atoms with Gasteiger partial charge in [0.1, 0.15) is 17.2 Å². The number of pyridine rings is 2. The first-order chi connectivity index (χ1) is 15.0. The normalized spacial score (nSPS) is 20.2. The quantitative estimate of drug-likeness (QED) is 0.547. The summed E-state index contributed by atoms with van der Waals surface area (Å²) in [5.74, 6) is 0.477. The Morgan fingerprint density at radius 2 is 2.10 bits per heavy atom. The summed E-state index contributed by atoms with van der Waals surface area (Å²) in [5, 5.41) is 28.4. The van der Waals surface area contributed by atoms with E-state index >= 15 is 0 Å². The van der Waals surface area contributed by atoms with Crippen molar-refractivity contribution in [3.8, 4) is 34.8 Å². The molecule has 152 valence electrons. The van der Waals surface area contributed by atoms with Gasteiger partial charge in [-0.1, -0.05) is 0 Å². The van der Waals surface area contributed by atoms with Gasteiger partial charge in [-0.05, 0) is 37.1 Å². The fraction of sp³-hybridized carbons (Fsp3) is 0.273. The van der Waals surface area contributed by atoms with Gasteiger partial charge in [-0.25, -0.2) is 4.98 Å². The molecule has 9 heteroatoms. The van der Waals surface area contributed by atoms with Crippen molar-refractivity contribution in [3.05, 3.63) is 42.9 Å². The van der Waals surface area contributed by atoms with E-state index in [1.54, 1.807) is 24.1 Å². The van der Waals surface area contributed by atoms with Crippen LogP contribution in [0, 0.1) is 28.6 Å². The lowest BCUT2D eigenvalue weighted by atomic mass is 9.67. The Labute approximate surface area is 178 Å². The molecule has 0 aromatic carbocycles.